The van der Waals surface area contributed by atoms with Crippen molar-refractivity contribution in [3.63, 3.8) is 0 Å². The molecule has 1 fully saturated rings. The summed E-state index contributed by atoms with van der Waals surface area (Å²) in [6.07, 6.45) is 3.55. The van der Waals surface area contributed by atoms with Crippen LogP contribution in [0.2, 0.25) is 5.15 Å². The second kappa shape index (κ2) is 5.47. The van der Waals surface area contributed by atoms with E-state index in [-0.39, 0.29) is 16.6 Å². The Morgan fingerprint density at radius 1 is 1.61 bits per heavy atom. The highest BCUT2D eigenvalue weighted by atomic mass is 35.5. The number of aromatic nitrogens is 2. The van der Waals surface area contributed by atoms with Crippen LogP contribution >= 0.6 is 22.9 Å². The van der Waals surface area contributed by atoms with Crippen LogP contribution in [0.4, 0.5) is 0 Å². The lowest BCUT2D eigenvalue weighted by molar-refractivity contribution is 0.0975. The number of sulfonamides is 1. The minimum Gasteiger partial charge on any atom is -0.284 e. The van der Waals surface area contributed by atoms with Gasteiger partial charge < -0.3 is 0 Å². The number of hydrogen-bond donors (Lipinski definition) is 1. The van der Waals surface area contributed by atoms with Crippen LogP contribution in [0.1, 0.15) is 34.6 Å². The Labute approximate surface area is 141 Å². The fourth-order valence-corrected chi connectivity index (χ4v) is 5.28. The molecule has 0 radical (unpaired) electrons. The van der Waals surface area contributed by atoms with E-state index >= 15 is 0 Å². The SMILES string of the molecule is Cc1cn2c(C(=O)NS(=O)(=O)CC3(C#N)CCC3)c(Cl)nc2s1. The van der Waals surface area contributed by atoms with Crippen LogP contribution < -0.4 is 4.72 Å². The summed E-state index contributed by atoms with van der Waals surface area (Å²) >= 11 is 7.29. The standard InChI is InChI=1S/C13H13ClN4O3S2/c1-8-5-18-9(10(14)16-12(18)22-8)11(19)17-23(20,21)7-13(6-15)3-2-4-13/h5H,2-4,7H2,1H3,(H,17,19). The molecule has 7 nitrogen and oxygen atoms in total. The van der Waals surface area contributed by atoms with Crippen molar-refractivity contribution in [2.75, 3.05) is 5.75 Å². The van der Waals surface area contributed by atoms with Crippen LogP contribution in [0, 0.1) is 23.7 Å². The zero-order valence-corrected chi connectivity index (χ0v) is 14.6. The van der Waals surface area contributed by atoms with Crippen molar-refractivity contribution in [2.24, 2.45) is 5.41 Å². The average molecular weight is 373 g/mol. The average Bonchev–Trinajstić information content (AvgIpc) is 2.87. The number of hydrogen-bond acceptors (Lipinski definition) is 6. The lowest BCUT2D eigenvalue weighted by Gasteiger charge is -2.34. The molecule has 0 atom stereocenters. The van der Waals surface area contributed by atoms with Crippen molar-refractivity contribution < 1.29 is 13.2 Å². The molecule has 1 amide bonds. The van der Waals surface area contributed by atoms with Gasteiger partial charge >= 0.3 is 0 Å². The van der Waals surface area contributed by atoms with E-state index in [9.17, 15) is 13.2 Å². The number of nitrogens with one attached hydrogen (secondary N) is 1. The highest BCUT2D eigenvalue weighted by Gasteiger charge is 2.42. The van der Waals surface area contributed by atoms with Crippen molar-refractivity contribution in [3.05, 3.63) is 21.9 Å². The Kier molecular flexibility index (Phi) is 3.86. The number of halogens is 1. The van der Waals surface area contributed by atoms with Crippen molar-refractivity contribution in [2.45, 2.75) is 26.2 Å². The second-order valence-corrected chi connectivity index (χ2v) is 8.98. The van der Waals surface area contributed by atoms with Gasteiger partial charge in [-0.25, -0.2) is 18.1 Å². The molecule has 23 heavy (non-hydrogen) atoms. The van der Waals surface area contributed by atoms with Crippen LogP contribution in [0.25, 0.3) is 4.96 Å². The maximum atomic E-state index is 12.3. The van der Waals surface area contributed by atoms with Gasteiger partial charge in [0.05, 0.1) is 17.2 Å². The molecule has 2 aromatic heterocycles. The number of fused-ring (bicyclic) bond motifs is 1. The van der Waals surface area contributed by atoms with Gasteiger partial charge in [0.2, 0.25) is 10.0 Å². The third-order valence-electron chi connectivity index (χ3n) is 3.88. The monoisotopic (exact) mass is 372 g/mol. The molecule has 1 N–H and O–H groups in total. The summed E-state index contributed by atoms with van der Waals surface area (Å²) in [4.78, 5) is 17.8. The molecule has 0 unspecified atom stereocenters. The smallest absolute Gasteiger partial charge is 0.284 e. The maximum Gasteiger partial charge on any atom is 0.284 e. The number of aryl methyl sites for hydroxylation is 1. The molecule has 0 aliphatic heterocycles. The van der Waals surface area contributed by atoms with Crippen molar-refractivity contribution in [1.82, 2.24) is 14.1 Å². The quantitative estimate of drug-likeness (QED) is 0.884. The van der Waals surface area contributed by atoms with E-state index < -0.39 is 21.3 Å². The second-order valence-electron chi connectivity index (χ2n) is 5.68. The minimum absolute atomic E-state index is 0.0193. The number of carbonyl (C=O) groups is 1. The van der Waals surface area contributed by atoms with Gasteiger partial charge in [0.15, 0.2) is 15.8 Å². The van der Waals surface area contributed by atoms with Gasteiger partial charge in [-0.1, -0.05) is 18.0 Å². The Morgan fingerprint density at radius 3 is 2.87 bits per heavy atom. The van der Waals surface area contributed by atoms with E-state index in [0.29, 0.717) is 17.8 Å². The molecule has 2 aromatic rings. The van der Waals surface area contributed by atoms with Gasteiger partial charge in [0, 0.05) is 11.1 Å². The van der Waals surface area contributed by atoms with Crippen LogP contribution in [-0.4, -0.2) is 29.5 Å². The number of rotatable bonds is 4. The number of nitriles is 1. The Bertz CT molecular complexity index is 934. The number of thiazole rings is 1. The largest absolute Gasteiger partial charge is 0.284 e. The van der Waals surface area contributed by atoms with Crippen molar-refractivity contribution >= 4 is 43.8 Å². The van der Waals surface area contributed by atoms with Gasteiger partial charge in [0.1, 0.15) is 0 Å². The van der Waals surface area contributed by atoms with Gasteiger partial charge in [0.25, 0.3) is 5.91 Å². The van der Waals surface area contributed by atoms with Crippen LogP contribution in [0.3, 0.4) is 0 Å². The van der Waals surface area contributed by atoms with Crippen molar-refractivity contribution in [1.29, 1.82) is 5.26 Å². The Morgan fingerprint density at radius 2 is 2.30 bits per heavy atom. The summed E-state index contributed by atoms with van der Waals surface area (Å²) in [5.74, 6) is -1.22. The third-order valence-corrected chi connectivity index (χ3v) is 6.47. The van der Waals surface area contributed by atoms with Crippen LogP contribution in [-0.2, 0) is 10.0 Å². The number of nitrogens with zero attached hydrogens (tertiary/aromatic N) is 3. The zero-order chi connectivity index (χ0) is 16.8. The van der Waals surface area contributed by atoms with E-state index in [4.69, 9.17) is 16.9 Å². The first kappa shape index (κ1) is 16.2. The van der Waals surface area contributed by atoms with Crippen molar-refractivity contribution in [3.8, 4) is 6.07 Å². The summed E-state index contributed by atoms with van der Waals surface area (Å²) in [7, 11) is -3.93. The van der Waals surface area contributed by atoms with Crippen LogP contribution in [0.5, 0.6) is 0 Å². The summed E-state index contributed by atoms with van der Waals surface area (Å²) in [6, 6.07) is 2.05. The summed E-state index contributed by atoms with van der Waals surface area (Å²) < 4.78 is 27.9. The Balaban J connectivity index is 1.85. The fourth-order valence-electron chi connectivity index (χ4n) is 2.61. The van der Waals surface area contributed by atoms with Gasteiger partial charge in [-0.15, -0.1) is 11.3 Å². The van der Waals surface area contributed by atoms with E-state index in [1.165, 1.54) is 15.7 Å². The predicted molar refractivity (Wildman–Crippen MR) is 86.0 cm³/mol. The van der Waals surface area contributed by atoms with Gasteiger partial charge in [-0.05, 0) is 19.8 Å². The lowest BCUT2D eigenvalue weighted by Crippen LogP contribution is -2.42. The summed E-state index contributed by atoms with van der Waals surface area (Å²) in [5.41, 5.74) is -0.907. The first-order chi connectivity index (χ1) is 10.8. The normalized spacial score (nSPS) is 16.7. The Hall–Kier alpha value is -1.63. The highest BCUT2D eigenvalue weighted by Crippen LogP contribution is 2.41. The number of imidazole rings is 1. The molecule has 1 saturated carbocycles. The van der Waals surface area contributed by atoms with Crippen LogP contribution in [0.15, 0.2) is 6.20 Å². The molecule has 0 spiro atoms. The lowest BCUT2D eigenvalue weighted by atomic mass is 9.72. The molecule has 1 aliphatic rings. The minimum atomic E-state index is -3.93. The molecule has 0 aromatic carbocycles. The highest BCUT2D eigenvalue weighted by molar-refractivity contribution is 7.90. The van der Waals surface area contributed by atoms with E-state index in [1.807, 2.05) is 11.6 Å². The molecular weight excluding hydrogens is 360 g/mol. The molecule has 3 rings (SSSR count). The molecular formula is C13H13ClN4O3S2. The molecule has 1 aliphatic carbocycles. The fraction of sp³-hybridized carbons (Fsp3) is 0.462. The van der Waals surface area contributed by atoms with Gasteiger partial charge in [-0.3, -0.25) is 9.20 Å². The molecule has 0 saturated heterocycles. The molecule has 122 valence electrons. The summed E-state index contributed by atoms with van der Waals surface area (Å²) in [6.45, 7) is 1.85. The van der Waals surface area contributed by atoms with Gasteiger partial charge in [-0.2, -0.15) is 5.26 Å². The first-order valence-electron chi connectivity index (χ1n) is 6.85. The number of carbonyl (C=O) groups excluding carboxylic acids is 1. The van der Waals surface area contributed by atoms with E-state index in [1.54, 1.807) is 6.20 Å². The number of amides is 1. The topological polar surface area (TPSA) is 104 Å². The predicted octanol–water partition coefficient (Wildman–Crippen LogP) is 2.11. The molecule has 2 heterocycles. The first-order valence-corrected chi connectivity index (χ1v) is 9.70. The third kappa shape index (κ3) is 2.94. The maximum absolute atomic E-state index is 12.3. The summed E-state index contributed by atoms with van der Waals surface area (Å²) in [5, 5.41) is 9.09. The molecule has 10 heteroatoms. The van der Waals surface area contributed by atoms with E-state index in [2.05, 4.69) is 11.1 Å². The van der Waals surface area contributed by atoms with E-state index in [0.717, 1.165) is 11.3 Å². The zero-order valence-electron chi connectivity index (χ0n) is 12.2. The molecule has 0 bridgehead atoms.